The molecule has 5 nitrogen and oxygen atoms in total. The van der Waals surface area contributed by atoms with Crippen LogP contribution in [0.3, 0.4) is 0 Å². The number of likely N-dealkylation sites (tertiary alicyclic amines) is 1. The summed E-state index contributed by atoms with van der Waals surface area (Å²) in [6.45, 7) is 14.0. The van der Waals surface area contributed by atoms with Gasteiger partial charge in [0.25, 0.3) is 0 Å². The second-order valence-electron chi connectivity index (χ2n) is 12.1. The molecule has 3 aromatic carbocycles. The van der Waals surface area contributed by atoms with E-state index in [-0.39, 0.29) is 16.7 Å². The third kappa shape index (κ3) is 5.48. The number of aromatic carboxylic acids is 1. The molecular formula is C33H38N2O3. The van der Waals surface area contributed by atoms with E-state index in [4.69, 9.17) is 4.74 Å². The molecular weight excluding hydrogens is 472 g/mol. The van der Waals surface area contributed by atoms with E-state index < -0.39 is 5.97 Å². The Hall–Kier alpha value is -3.57. The van der Waals surface area contributed by atoms with E-state index in [9.17, 15) is 9.90 Å². The monoisotopic (exact) mass is 510 g/mol. The minimum Gasteiger partial charge on any atom is -0.487 e. The van der Waals surface area contributed by atoms with Crippen molar-refractivity contribution in [2.24, 2.45) is 0 Å². The lowest BCUT2D eigenvalue weighted by molar-refractivity contribution is 0.0682. The standard InChI is InChI=1S/C33H38N2O3/c1-32(2,3)26-11-8-23(9-12-26)24-10-17-29-25(20-24)21-30(31(36)37)35(29)27-13-15-28(16-14-27)38-33(4,5)22-34-18-6-7-19-34/h8-17,20-21H,6-7,18-19,22H2,1-5H3,(H,36,37). The molecule has 2 heterocycles. The molecule has 0 atom stereocenters. The Morgan fingerprint density at radius 1 is 0.842 bits per heavy atom. The normalized spacial score (nSPS) is 14.8. The predicted molar refractivity (Wildman–Crippen MR) is 155 cm³/mol. The van der Waals surface area contributed by atoms with Gasteiger partial charge in [0.05, 0.1) is 5.52 Å². The van der Waals surface area contributed by atoms with Crippen LogP contribution in [0.15, 0.2) is 72.8 Å². The van der Waals surface area contributed by atoms with Crippen molar-refractivity contribution in [1.29, 1.82) is 0 Å². The molecule has 5 rings (SSSR count). The zero-order valence-corrected chi connectivity index (χ0v) is 23.1. The molecule has 1 aliphatic heterocycles. The van der Waals surface area contributed by atoms with Crippen molar-refractivity contribution in [3.8, 4) is 22.6 Å². The van der Waals surface area contributed by atoms with Crippen molar-refractivity contribution >= 4 is 16.9 Å². The average molecular weight is 511 g/mol. The van der Waals surface area contributed by atoms with Gasteiger partial charge in [-0.05, 0) is 104 Å². The van der Waals surface area contributed by atoms with Crippen molar-refractivity contribution in [2.75, 3.05) is 19.6 Å². The van der Waals surface area contributed by atoms with Crippen LogP contribution in [0.4, 0.5) is 0 Å². The number of fused-ring (bicyclic) bond motifs is 1. The number of benzene rings is 3. The first-order valence-corrected chi connectivity index (χ1v) is 13.5. The Kier molecular flexibility index (Phi) is 6.83. The number of hydrogen-bond acceptors (Lipinski definition) is 3. The third-order valence-electron chi connectivity index (χ3n) is 7.40. The SMILES string of the molecule is CC(C)(CN1CCCC1)Oc1ccc(-n2c(C(=O)O)cc3cc(-c4ccc(C(C)(C)C)cc4)ccc32)cc1. The van der Waals surface area contributed by atoms with Crippen LogP contribution in [-0.2, 0) is 5.41 Å². The summed E-state index contributed by atoms with van der Waals surface area (Å²) in [7, 11) is 0. The number of carbonyl (C=O) groups is 1. The molecule has 198 valence electrons. The number of carboxylic acids is 1. The van der Waals surface area contributed by atoms with E-state index in [0.717, 1.165) is 53.1 Å². The summed E-state index contributed by atoms with van der Waals surface area (Å²) in [5.41, 5.74) is 5.15. The molecule has 0 spiro atoms. The molecule has 0 saturated carbocycles. The number of aromatic nitrogens is 1. The number of ether oxygens (including phenoxy) is 1. The zero-order valence-electron chi connectivity index (χ0n) is 23.1. The molecule has 1 N–H and O–H groups in total. The maximum atomic E-state index is 12.2. The van der Waals surface area contributed by atoms with Crippen LogP contribution in [-0.4, -0.2) is 45.8 Å². The van der Waals surface area contributed by atoms with Crippen LogP contribution in [0.2, 0.25) is 0 Å². The molecule has 1 fully saturated rings. The summed E-state index contributed by atoms with van der Waals surface area (Å²) in [5.74, 6) is -0.170. The van der Waals surface area contributed by atoms with Crippen LogP contribution in [0, 0.1) is 0 Å². The van der Waals surface area contributed by atoms with Gasteiger partial charge < -0.3 is 14.4 Å². The van der Waals surface area contributed by atoms with E-state index in [1.165, 1.54) is 18.4 Å². The van der Waals surface area contributed by atoms with Crippen LogP contribution in [0.25, 0.3) is 27.7 Å². The molecule has 1 saturated heterocycles. The minimum absolute atomic E-state index is 0.0975. The fourth-order valence-corrected chi connectivity index (χ4v) is 5.49. The molecule has 0 bridgehead atoms. The Labute approximate surface area is 225 Å². The number of rotatable bonds is 7. The highest BCUT2D eigenvalue weighted by Gasteiger charge is 2.26. The summed E-state index contributed by atoms with van der Waals surface area (Å²) >= 11 is 0. The largest absolute Gasteiger partial charge is 0.487 e. The van der Waals surface area contributed by atoms with Crippen LogP contribution >= 0.6 is 0 Å². The van der Waals surface area contributed by atoms with E-state index in [1.807, 2.05) is 34.9 Å². The van der Waals surface area contributed by atoms with E-state index >= 15 is 0 Å². The Bertz CT molecular complexity index is 1430. The number of carboxylic acid groups (broad SMARTS) is 1. The maximum absolute atomic E-state index is 12.2. The van der Waals surface area contributed by atoms with Gasteiger partial charge in [0.2, 0.25) is 0 Å². The van der Waals surface area contributed by atoms with Gasteiger partial charge in [-0.3, -0.25) is 4.90 Å². The van der Waals surface area contributed by atoms with Crippen molar-refractivity contribution in [2.45, 2.75) is 58.5 Å². The van der Waals surface area contributed by atoms with Gasteiger partial charge in [-0.25, -0.2) is 4.79 Å². The van der Waals surface area contributed by atoms with Crippen molar-refractivity contribution in [3.63, 3.8) is 0 Å². The summed E-state index contributed by atoms with van der Waals surface area (Å²) in [4.78, 5) is 14.7. The molecule has 1 aromatic heterocycles. The first kappa shape index (κ1) is 26.1. The molecule has 38 heavy (non-hydrogen) atoms. The van der Waals surface area contributed by atoms with Gasteiger partial charge in [-0.2, -0.15) is 0 Å². The first-order chi connectivity index (χ1) is 18.0. The van der Waals surface area contributed by atoms with E-state index in [2.05, 4.69) is 75.9 Å². The van der Waals surface area contributed by atoms with Crippen LogP contribution in [0.5, 0.6) is 5.75 Å². The number of nitrogens with zero attached hydrogens (tertiary/aromatic N) is 2. The Morgan fingerprint density at radius 3 is 2.08 bits per heavy atom. The highest BCUT2D eigenvalue weighted by atomic mass is 16.5. The lowest BCUT2D eigenvalue weighted by Crippen LogP contribution is -2.41. The van der Waals surface area contributed by atoms with E-state index in [0.29, 0.717) is 0 Å². The molecule has 0 radical (unpaired) electrons. The summed E-state index contributed by atoms with van der Waals surface area (Å²) in [5, 5.41) is 10.9. The number of hydrogen-bond donors (Lipinski definition) is 1. The second-order valence-corrected chi connectivity index (χ2v) is 12.1. The van der Waals surface area contributed by atoms with Gasteiger partial charge >= 0.3 is 5.97 Å². The van der Waals surface area contributed by atoms with Gasteiger partial charge in [-0.15, -0.1) is 0 Å². The molecule has 4 aromatic rings. The second kappa shape index (κ2) is 9.95. The summed E-state index contributed by atoms with van der Waals surface area (Å²) < 4.78 is 8.14. The van der Waals surface area contributed by atoms with Crippen molar-refractivity contribution in [3.05, 3.63) is 84.1 Å². The topological polar surface area (TPSA) is 54.7 Å². The molecule has 0 unspecified atom stereocenters. The lowest BCUT2D eigenvalue weighted by Gasteiger charge is -2.31. The maximum Gasteiger partial charge on any atom is 0.352 e. The van der Waals surface area contributed by atoms with Crippen molar-refractivity contribution in [1.82, 2.24) is 9.47 Å². The molecule has 0 aliphatic carbocycles. The molecule has 0 amide bonds. The van der Waals surface area contributed by atoms with Crippen molar-refractivity contribution < 1.29 is 14.6 Å². The fraction of sp³-hybridized carbons (Fsp3) is 0.364. The fourth-order valence-electron chi connectivity index (χ4n) is 5.49. The van der Waals surface area contributed by atoms with Crippen LogP contribution < -0.4 is 4.74 Å². The quantitative estimate of drug-likeness (QED) is 0.279. The summed E-state index contributed by atoms with van der Waals surface area (Å²) in [6, 6.07) is 24.3. The van der Waals surface area contributed by atoms with Gasteiger partial charge in [0.15, 0.2) is 0 Å². The third-order valence-corrected chi connectivity index (χ3v) is 7.40. The van der Waals surface area contributed by atoms with Gasteiger partial charge in [-0.1, -0.05) is 51.1 Å². The van der Waals surface area contributed by atoms with Gasteiger partial charge in [0.1, 0.15) is 17.0 Å². The average Bonchev–Trinajstić information content (AvgIpc) is 3.51. The van der Waals surface area contributed by atoms with Gasteiger partial charge in [0, 0.05) is 17.6 Å². The predicted octanol–water partition coefficient (Wildman–Crippen LogP) is 7.55. The summed E-state index contributed by atoms with van der Waals surface area (Å²) in [6.07, 6.45) is 2.51. The smallest absolute Gasteiger partial charge is 0.352 e. The Balaban J connectivity index is 1.43. The highest BCUT2D eigenvalue weighted by molar-refractivity contribution is 5.97. The van der Waals surface area contributed by atoms with Crippen LogP contribution in [0.1, 0.15) is 63.5 Å². The Morgan fingerprint density at radius 2 is 1.47 bits per heavy atom. The first-order valence-electron chi connectivity index (χ1n) is 13.5. The minimum atomic E-state index is -0.954. The zero-order chi connectivity index (χ0) is 27.1. The van der Waals surface area contributed by atoms with E-state index in [1.54, 1.807) is 6.07 Å². The molecule has 5 heteroatoms. The highest BCUT2D eigenvalue weighted by Crippen LogP contribution is 2.32. The lowest BCUT2D eigenvalue weighted by atomic mass is 9.86. The molecule has 1 aliphatic rings.